The number of likely N-dealkylation sites (tertiary alicyclic amines) is 1. The van der Waals surface area contributed by atoms with Crippen molar-refractivity contribution in [1.82, 2.24) is 19.7 Å². The second kappa shape index (κ2) is 8.19. The minimum Gasteiger partial charge on any atom is -0.342 e. The van der Waals surface area contributed by atoms with Crippen molar-refractivity contribution < 1.29 is 4.79 Å². The Kier molecular flexibility index (Phi) is 5.48. The number of thioether (sulfide) groups is 1. The van der Waals surface area contributed by atoms with Crippen LogP contribution in [-0.4, -0.2) is 44.4 Å². The van der Waals surface area contributed by atoms with Gasteiger partial charge in [0.2, 0.25) is 5.91 Å². The Hall–Kier alpha value is -2.60. The predicted molar refractivity (Wildman–Crippen MR) is 113 cm³/mol. The molecule has 6 heteroatoms. The average Bonchev–Trinajstić information content (AvgIpc) is 3.37. The number of hydrogen-bond donors (Lipinski definition) is 0. The van der Waals surface area contributed by atoms with E-state index in [1.165, 1.54) is 22.9 Å². The van der Waals surface area contributed by atoms with Gasteiger partial charge in [-0.3, -0.25) is 9.36 Å². The molecule has 1 aliphatic rings. The molecule has 0 spiro atoms. The molecule has 0 N–H and O–H groups in total. The van der Waals surface area contributed by atoms with Gasteiger partial charge in [-0.1, -0.05) is 53.2 Å². The van der Waals surface area contributed by atoms with Crippen molar-refractivity contribution in [3.8, 4) is 17.1 Å². The van der Waals surface area contributed by atoms with Crippen LogP contribution in [-0.2, 0) is 4.79 Å². The quantitative estimate of drug-likeness (QED) is 0.609. The second-order valence-electron chi connectivity index (χ2n) is 7.22. The zero-order valence-electron chi connectivity index (χ0n) is 16.3. The third-order valence-electron chi connectivity index (χ3n) is 4.99. The SMILES string of the molecule is Cc1ccc(-n2c(SCC(=O)N3CCCC3)nnc2-c2cccc(C)c2)cc1. The van der Waals surface area contributed by atoms with Crippen LogP contribution in [0.1, 0.15) is 24.0 Å². The van der Waals surface area contributed by atoms with Gasteiger partial charge in [0.05, 0.1) is 5.75 Å². The highest BCUT2D eigenvalue weighted by atomic mass is 32.2. The summed E-state index contributed by atoms with van der Waals surface area (Å²) in [5.74, 6) is 1.36. The Bertz CT molecular complexity index is 974. The van der Waals surface area contributed by atoms with Crippen LogP contribution in [0.3, 0.4) is 0 Å². The first-order valence-electron chi connectivity index (χ1n) is 9.62. The number of hydrogen-bond acceptors (Lipinski definition) is 4. The van der Waals surface area contributed by atoms with Gasteiger partial charge in [-0.25, -0.2) is 0 Å². The molecule has 1 saturated heterocycles. The number of carbonyl (C=O) groups is 1. The summed E-state index contributed by atoms with van der Waals surface area (Å²) in [6.45, 7) is 5.89. The molecule has 28 heavy (non-hydrogen) atoms. The summed E-state index contributed by atoms with van der Waals surface area (Å²) in [4.78, 5) is 14.4. The molecule has 0 unspecified atom stereocenters. The molecule has 1 aromatic heterocycles. The number of benzene rings is 2. The molecule has 4 rings (SSSR count). The highest BCUT2D eigenvalue weighted by Gasteiger charge is 2.21. The average molecular weight is 393 g/mol. The largest absolute Gasteiger partial charge is 0.342 e. The summed E-state index contributed by atoms with van der Waals surface area (Å²) in [5.41, 5.74) is 4.40. The van der Waals surface area contributed by atoms with Crippen molar-refractivity contribution in [3.05, 3.63) is 59.7 Å². The first-order valence-corrected chi connectivity index (χ1v) is 10.6. The third-order valence-corrected chi connectivity index (χ3v) is 5.90. The molecule has 5 nitrogen and oxygen atoms in total. The van der Waals surface area contributed by atoms with E-state index in [2.05, 4.69) is 65.0 Å². The van der Waals surface area contributed by atoms with Gasteiger partial charge in [0.1, 0.15) is 0 Å². The van der Waals surface area contributed by atoms with Crippen molar-refractivity contribution in [2.24, 2.45) is 0 Å². The van der Waals surface area contributed by atoms with Gasteiger partial charge < -0.3 is 4.90 Å². The van der Waals surface area contributed by atoms with Gasteiger partial charge >= 0.3 is 0 Å². The standard InChI is InChI=1S/C22H24N4OS/c1-16-8-10-19(11-9-16)26-21(18-7-5-6-17(2)14-18)23-24-22(26)28-15-20(27)25-12-3-4-13-25/h5-11,14H,3-4,12-13,15H2,1-2H3. The van der Waals surface area contributed by atoms with Gasteiger partial charge in [0.15, 0.2) is 11.0 Å². The van der Waals surface area contributed by atoms with Crippen molar-refractivity contribution in [2.45, 2.75) is 31.8 Å². The summed E-state index contributed by atoms with van der Waals surface area (Å²) in [5, 5.41) is 9.64. The highest BCUT2D eigenvalue weighted by molar-refractivity contribution is 7.99. The van der Waals surface area contributed by atoms with E-state index in [0.29, 0.717) is 5.75 Å². The van der Waals surface area contributed by atoms with Crippen LogP contribution in [0.25, 0.3) is 17.1 Å². The molecule has 0 radical (unpaired) electrons. The Morgan fingerprint density at radius 3 is 2.46 bits per heavy atom. The van der Waals surface area contributed by atoms with Crippen molar-refractivity contribution in [2.75, 3.05) is 18.8 Å². The van der Waals surface area contributed by atoms with E-state index < -0.39 is 0 Å². The number of amides is 1. The van der Waals surface area contributed by atoms with E-state index in [0.717, 1.165) is 48.2 Å². The molecule has 0 aliphatic carbocycles. The van der Waals surface area contributed by atoms with E-state index in [9.17, 15) is 4.79 Å². The van der Waals surface area contributed by atoms with E-state index in [1.54, 1.807) is 0 Å². The summed E-state index contributed by atoms with van der Waals surface area (Å²) < 4.78 is 2.05. The van der Waals surface area contributed by atoms with Gasteiger partial charge in [-0.2, -0.15) is 0 Å². The molecule has 0 saturated carbocycles. The van der Waals surface area contributed by atoms with Crippen LogP contribution >= 0.6 is 11.8 Å². The van der Waals surface area contributed by atoms with Gasteiger partial charge in [-0.05, 0) is 44.9 Å². The minimum absolute atomic E-state index is 0.179. The fraction of sp³-hybridized carbons (Fsp3) is 0.318. The molecule has 1 amide bonds. The molecule has 144 valence electrons. The predicted octanol–water partition coefficient (Wildman–Crippen LogP) is 4.27. The molecule has 0 atom stereocenters. The lowest BCUT2D eigenvalue weighted by Gasteiger charge is -2.15. The maximum Gasteiger partial charge on any atom is 0.233 e. The summed E-state index contributed by atoms with van der Waals surface area (Å²) in [7, 11) is 0. The van der Waals surface area contributed by atoms with Crippen molar-refractivity contribution in [1.29, 1.82) is 0 Å². The molecular weight excluding hydrogens is 368 g/mol. The zero-order valence-corrected chi connectivity index (χ0v) is 17.1. The molecular formula is C22H24N4OS. The third kappa shape index (κ3) is 3.97. The van der Waals surface area contributed by atoms with Crippen LogP contribution in [0.5, 0.6) is 0 Å². The number of aryl methyl sites for hydroxylation is 2. The Balaban J connectivity index is 1.67. The summed E-state index contributed by atoms with van der Waals surface area (Å²) in [6.07, 6.45) is 2.21. The van der Waals surface area contributed by atoms with Gasteiger partial charge in [-0.15, -0.1) is 10.2 Å². The lowest BCUT2D eigenvalue weighted by molar-refractivity contribution is -0.127. The maximum atomic E-state index is 12.5. The Labute approximate surface area is 169 Å². The second-order valence-corrected chi connectivity index (χ2v) is 8.17. The Morgan fingerprint density at radius 1 is 1.00 bits per heavy atom. The first-order chi connectivity index (χ1) is 13.6. The topological polar surface area (TPSA) is 51.0 Å². The molecule has 1 fully saturated rings. The van der Waals surface area contributed by atoms with Crippen LogP contribution in [0.4, 0.5) is 0 Å². The fourth-order valence-electron chi connectivity index (χ4n) is 3.45. The first kappa shape index (κ1) is 18.7. The molecule has 0 bridgehead atoms. The van der Waals surface area contributed by atoms with Crippen molar-refractivity contribution in [3.63, 3.8) is 0 Å². The molecule has 3 aromatic rings. The number of aromatic nitrogens is 3. The summed E-state index contributed by atoms with van der Waals surface area (Å²) >= 11 is 1.46. The Morgan fingerprint density at radius 2 is 1.75 bits per heavy atom. The smallest absolute Gasteiger partial charge is 0.233 e. The van der Waals surface area contributed by atoms with Crippen LogP contribution in [0.15, 0.2) is 53.7 Å². The van der Waals surface area contributed by atoms with E-state index in [1.807, 2.05) is 17.0 Å². The monoisotopic (exact) mass is 392 g/mol. The minimum atomic E-state index is 0.179. The molecule has 1 aliphatic heterocycles. The maximum absolute atomic E-state index is 12.5. The normalized spacial score (nSPS) is 13.9. The molecule has 2 heterocycles. The van der Waals surface area contributed by atoms with E-state index in [-0.39, 0.29) is 5.91 Å². The fourth-order valence-corrected chi connectivity index (χ4v) is 4.30. The van der Waals surface area contributed by atoms with Crippen LogP contribution < -0.4 is 0 Å². The zero-order chi connectivity index (χ0) is 19.5. The van der Waals surface area contributed by atoms with Crippen LogP contribution in [0, 0.1) is 13.8 Å². The van der Waals surface area contributed by atoms with E-state index >= 15 is 0 Å². The molecule has 2 aromatic carbocycles. The van der Waals surface area contributed by atoms with Gasteiger partial charge in [0, 0.05) is 24.3 Å². The lowest BCUT2D eigenvalue weighted by Crippen LogP contribution is -2.29. The number of carbonyl (C=O) groups excluding carboxylic acids is 1. The summed E-state index contributed by atoms with van der Waals surface area (Å²) in [6, 6.07) is 16.6. The number of rotatable bonds is 5. The lowest BCUT2D eigenvalue weighted by atomic mass is 10.1. The van der Waals surface area contributed by atoms with Gasteiger partial charge in [0.25, 0.3) is 0 Å². The van der Waals surface area contributed by atoms with Crippen LogP contribution in [0.2, 0.25) is 0 Å². The van der Waals surface area contributed by atoms with Crippen molar-refractivity contribution >= 4 is 17.7 Å². The van der Waals surface area contributed by atoms with E-state index in [4.69, 9.17) is 0 Å². The number of nitrogens with zero attached hydrogens (tertiary/aromatic N) is 4. The highest BCUT2D eigenvalue weighted by Crippen LogP contribution is 2.29.